The van der Waals surface area contributed by atoms with Gasteiger partial charge in [0.15, 0.2) is 0 Å². The van der Waals surface area contributed by atoms with E-state index in [1.807, 2.05) is 29.2 Å². The van der Waals surface area contributed by atoms with Crippen LogP contribution in [0.1, 0.15) is 11.1 Å². The summed E-state index contributed by atoms with van der Waals surface area (Å²) in [6.07, 6.45) is 0. The predicted octanol–water partition coefficient (Wildman–Crippen LogP) is 3.93. The molecule has 1 heterocycles. The molecule has 0 saturated heterocycles. The van der Waals surface area contributed by atoms with Crippen molar-refractivity contribution in [1.29, 1.82) is 5.41 Å². The molecule has 1 aliphatic rings. The molecule has 2 aromatic rings. The topological polar surface area (TPSA) is 27.1 Å². The van der Waals surface area contributed by atoms with Gasteiger partial charge in [0, 0.05) is 11.3 Å². The molecule has 2 nitrogen and oxygen atoms in total. The van der Waals surface area contributed by atoms with Gasteiger partial charge in [-0.15, -0.1) is 0 Å². The van der Waals surface area contributed by atoms with E-state index in [9.17, 15) is 4.39 Å². The molecule has 0 atom stereocenters. The van der Waals surface area contributed by atoms with Crippen molar-refractivity contribution in [3.63, 3.8) is 0 Å². The minimum Gasteiger partial charge on any atom is -0.322 e. The monoisotopic (exact) mass is 304 g/mol. The largest absolute Gasteiger partial charge is 0.322 e. The van der Waals surface area contributed by atoms with Crippen LogP contribution in [0.25, 0.3) is 0 Å². The number of nitrogens with one attached hydrogen (secondary N) is 1. The average molecular weight is 305 g/mol. The van der Waals surface area contributed by atoms with Gasteiger partial charge in [-0.3, -0.25) is 5.41 Å². The van der Waals surface area contributed by atoms with Crippen molar-refractivity contribution in [2.75, 3.05) is 4.90 Å². The summed E-state index contributed by atoms with van der Waals surface area (Å²) in [5.74, 6) is 0.172. The van der Waals surface area contributed by atoms with E-state index in [0.717, 1.165) is 16.8 Å². The summed E-state index contributed by atoms with van der Waals surface area (Å²) in [5, 5.41) is 8.17. The van der Waals surface area contributed by atoms with Crippen LogP contribution in [0, 0.1) is 11.2 Å². The summed E-state index contributed by atoms with van der Waals surface area (Å²) >= 11 is 3.18. The second-order valence-electron chi connectivity index (χ2n) is 4.19. The molecule has 3 rings (SSSR count). The third-order valence-corrected chi connectivity index (χ3v) is 3.69. The second-order valence-corrected chi connectivity index (χ2v) is 5.04. The van der Waals surface area contributed by atoms with E-state index in [1.165, 1.54) is 6.07 Å². The fraction of sp³-hybridized carbons (Fsp3) is 0.0714. The molecule has 18 heavy (non-hydrogen) atoms. The number of fused-ring (bicyclic) bond motifs is 1. The Kier molecular flexibility index (Phi) is 2.67. The lowest BCUT2D eigenvalue weighted by molar-refractivity contribution is 0.621. The molecule has 0 radical (unpaired) electrons. The number of hydrogen-bond acceptors (Lipinski definition) is 1. The molecule has 1 aliphatic heterocycles. The van der Waals surface area contributed by atoms with Gasteiger partial charge in [0.2, 0.25) is 0 Å². The van der Waals surface area contributed by atoms with Crippen LogP contribution in [0.4, 0.5) is 10.1 Å². The number of amidine groups is 1. The van der Waals surface area contributed by atoms with Crippen LogP contribution in [0.3, 0.4) is 0 Å². The minimum absolute atomic E-state index is 0.290. The Labute approximate surface area is 113 Å². The summed E-state index contributed by atoms with van der Waals surface area (Å²) in [4.78, 5) is 1.87. The highest BCUT2D eigenvalue weighted by molar-refractivity contribution is 9.10. The van der Waals surface area contributed by atoms with Gasteiger partial charge in [-0.05, 0) is 39.7 Å². The molecule has 0 unspecified atom stereocenters. The quantitative estimate of drug-likeness (QED) is 0.849. The Morgan fingerprint density at radius 1 is 1.17 bits per heavy atom. The van der Waals surface area contributed by atoms with E-state index in [-0.39, 0.29) is 5.82 Å². The van der Waals surface area contributed by atoms with Crippen molar-refractivity contribution in [2.45, 2.75) is 6.54 Å². The molecule has 90 valence electrons. The zero-order valence-electron chi connectivity index (χ0n) is 9.45. The SMILES string of the molecule is N=C1c2ccccc2CN1c1ccc(F)c(Br)c1. The predicted molar refractivity (Wildman–Crippen MR) is 73.6 cm³/mol. The van der Waals surface area contributed by atoms with Crippen molar-refractivity contribution >= 4 is 27.5 Å². The smallest absolute Gasteiger partial charge is 0.137 e. The van der Waals surface area contributed by atoms with Gasteiger partial charge in [0.25, 0.3) is 0 Å². The molecule has 0 amide bonds. The van der Waals surface area contributed by atoms with Gasteiger partial charge in [-0.1, -0.05) is 24.3 Å². The van der Waals surface area contributed by atoms with Gasteiger partial charge in [0.1, 0.15) is 11.7 Å². The molecule has 0 aliphatic carbocycles. The lowest BCUT2D eigenvalue weighted by Crippen LogP contribution is -2.23. The maximum atomic E-state index is 13.2. The first-order valence-corrected chi connectivity index (χ1v) is 6.35. The molecule has 0 spiro atoms. The first-order valence-electron chi connectivity index (χ1n) is 5.56. The Morgan fingerprint density at radius 3 is 2.67 bits per heavy atom. The van der Waals surface area contributed by atoms with Crippen LogP contribution < -0.4 is 4.90 Å². The summed E-state index contributed by atoms with van der Waals surface area (Å²) in [6.45, 7) is 0.660. The number of hydrogen-bond donors (Lipinski definition) is 1. The third kappa shape index (κ3) is 1.73. The molecule has 0 bridgehead atoms. The highest BCUT2D eigenvalue weighted by Crippen LogP contribution is 2.30. The van der Waals surface area contributed by atoms with Gasteiger partial charge in [-0.2, -0.15) is 0 Å². The van der Waals surface area contributed by atoms with Crippen molar-refractivity contribution < 1.29 is 4.39 Å². The molecular weight excluding hydrogens is 295 g/mol. The van der Waals surface area contributed by atoms with E-state index < -0.39 is 0 Å². The molecule has 4 heteroatoms. The Bertz CT molecular complexity index is 639. The minimum atomic E-state index is -0.290. The first-order chi connectivity index (χ1) is 8.66. The van der Waals surface area contributed by atoms with Crippen LogP contribution >= 0.6 is 15.9 Å². The second kappa shape index (κ2) is 4.21. The Balaban J connectivity index is 2.01. The van der Waals surface area contributed by atoms with Crippen molar-refractivity contribution in [3.8, 4) is 0 Å². The van der Waals surface area contributed by atoms with Crippen LogP contribution in [0.15, 0.2) is 46.9 Å². The van der Waals surface area contributed by atoms with E-state index in [4.69, 9.17) is 5.41 Å². The summed E-state index contributed by atoms with van der Waals surface area (Å²) in [5.41, 5.74) is 2.89. The standard InChI is InChI=1S/C14H10BrFN2/c15-12-7-10(5-6-13(12)16)18-8-9-3-1-2-4-11(9)14(18)17/h1-7,17H,8H2. The van der Waals surface area contributed by atoms with Crippen LogP contribution in [0.5, 0.6) is 0 Å². The van der Waals surface area contributed by atoms with E-state index in [0.29, 0.717) is 16.9 Å². The number of anilines is 1. The fourth-order valence-electron chi connectivity index (χ4n) is 2.16. The first kappa shape index (κ1) is 11.4. The maximum Gasteiger partial charge on any atom is 0.137 e. The van der Waals surface area contributed by atoms with E-state index in [2.05, 4.69) is 15.9 Å². The van der Waals surface area contributed by atoms with Crippen molar-refractivity contribution in [2.24, 2.45) is 0 Å². The van der Waals surface area contributed by atoms with Gasteiger partial charge in [0.05, 0.1) is 11.0 Å². The van der Waals surface area contributed by atoms with Crippen molar-refractivity contribution in [3.05, 3.63) is 63.9 Å². The number of nitrogens with zero attached hydrogens (tertiary/aromatic N) is 1. The van der Waals surface area contributed by atoms with E-state index >= 15 is 0 Å². The average Bonchev–Trinajstić information content (AvgIpc) is 2.71. The summed E-state index contributed by atoms with van der Waals surface area (Å²) in [6, 6.07) is 12.7. The molecule has 1 N–H and O–H groups in total. The molecule has 2 aromatic carbocycles. The zero-order chi connectivity index (χ0) is 12.7. The fourth-order valence-corrected chi connectivity index (χ4v) is 2.52. The molecule has 0 saturated carbocycles. The lowest BCUT2D eigenvalue weighted by atomic mass is 10.1. The molecule has 0 fully saturated rings. The Hall–Kier alpha value is -1.68. The zero-order valence-corrected chi connectivity index (χ0v) is 11.0. The number of rotatable bonds is 1. The number of halogens is 2. The van der Waals surface area contributed by atoms with Crippen molar-refractivity contribution in [1.82, 2.24) is 0 Å². The normalized spacial score (nSPS) is 13.9. The lowest BCUT2D eigenvalue weighted by Gasteiger charge is -2.18. The van der Waals surface area contributed by atoms with Gasteiger partial charge in [-0.25, -0.2) is 4.39 Å². The van der Waals surface area contributed by atoms with E-state index in [1.54, 1.807) is 12.1 Å². The van der Waals surface area contributed by atoms with Crippen LogP contribution in [-0.2, 0) is 6.54 Å². The highest BCUT2D eigenvalue weighted by atomic mass is 79.9. The Morgan fingerprint density at radius 2 is 1.94 bits per heavy atom. The molecule has 0 aromatic heterocycles. The maximum absolute atomic E-state index is 13.2. The highest BCUT2D eigenvalue weighted by Gasteiger charge is 2.24. The molecular formula is C14H10BrFN2. The van der Waals surface area contributed by atoms with Gasteiger partial charge >= 0.3 is 0 Å². The van der Waals surface area contributed by atoms with Crippen LogP contribution in [0.2, 0.25) is 0 Å². The van der Waals surface area contributed by atoms with Crippen LogP contribution in [-0.4, -0.2) is 5.84 Å². The summed E-state index contributed by atoms with van der Waals surface area (Å²) in [7, 11) is 0. The third-order valence-electron chi connectivity index (χ3n) is 3.09. The summed E-state index contributed by atoms with van der Waals surface area (Å²) < 4.78 is 13.6. The van der Waals surface area contributed by atoms with Gasteiger partial charge < -0.3 is 4.90 Å². The number of benzene rings is 2.